The Bertz CT molecular complexity index is 942. The number of benzene rings is 2. The molecule has 130 valence electrons. The van der Waals surface area contributed by atoms with Crippen LogP contribution in [-0.2, 0) is 14.8 Å². The first-order valence-corrected chi connectivity index (χ1v) is 9.32. The maximum Gasteiger partial charge on any atom is 0.262 e. The van der Waals surface area contributed by atoms with Crippen LogP contribution >= 0.6 is 0 Å². The number of ether oxygens (including phenoxy) is 2. The number of anilines is 1. The van der Waals surface area contributed by atoms with Crippen LogP contribution in [0.15, 0.2) is 47.4 Å². The second-order valence-electron chi connectivity index (χ2n) is 5.84. The van der Waals surface area contributed by atoms with E-state index in [1.165, 1.54) is 12.1 Å². The summed E-state index contributed by atoms with van der Waals surface area (Å²) in [6, 6.07) is 11.4. The normalized spacial score (nSPS) is 19.0. The van der Waals surface area contributed by atoms with Crippen molar-refractivity contribution in [2.75, 3.05) is 18.5 Å². The van der Waals surface area contributed by atoms with Crippen molar-refractivity contribution in [1.82, 2.24) is 4.72 Å². The summed E-state index contributed by atoms with van der Waals surface area (Å²) in [4.78, 5) is 11.5. The summed E-state index contributed by atoms with van der Waals surface area (Å²) in [5.74, 6) is 0.830. The van der Waals surface area contributed by atoms with Gasteiger partial charge in [0.25, 0.3) is 5.91 Å². The monoisotopic (exact) mass is 360 g/mol. The smallest absolute Gasteiger partial charge is 0.262 e. The highest BCUT2D eigenvalue weighted by Gasteiger charge is 2.27. The minimum absolute atomic E-state index is 0.0704. The zero-order chi connectivity index (χ0) is 17.4. The van der Waals surface area contributed by atoms with Gasteiger partial charge in [0.2, 0.25) is 10.0 Å². The Morgan fingerprint density at radius 1 is 1.08 bits per heavy atom. The van der Waals surface area contributed by atoms with Gasteiger partial charge in [0.15, 0.2) is 6.61 Å². The van der Waals surface area contributed by atoms with Crippen LogP contribution in [-0.4, -0.2) is 27.5 Å². The van der Waals surface area contributed by atoms with Gasteiger partial charge in [-0.1, -0.05) is 18.2 Å². The summed E-state index contributed by atoms with van der Waals surface area (Å²) < 4.78 is 39.1. The van der Waals surface area contributed by atoms with E-state index in [0.717, 1.165) is 5.56 Å². The predicted octanol–water partition coefficient (Wildman–Crippen LogP) is 1.82. The van der Waals surface area contributed by atoms with Gasteiger partial charge < -0.3 is 14.8 Å². The third-order valence-electron chi connectivity index (χ3n) is 4.15. The molecule has 0 aromatic heterocycles. The van der Waals surface area contributed by atoms with Gasteiger partial charge in [0.05, 0.1) is 23.2 Å². The number of para-hydroxylation sites is 1. The lowest BCUT2D eigenvalue weighted by Crippen LogP contribution is -2.32. The number of rotatable bonds is 3. The van der Waals surface area contributed by atoms with E-state index in [1.54, 1.807) is 6.07 Å². The van der Waals surface area contributed by atoms with Gasteiger partial charge >= 0.3 is 0 Å². The first kappa shape index (κ1) is 15.9. The van der Waals surface area contributed by atoms with Crippen LogP contribution in [0.4, 0.5) is 5.69 Å². The second-order valence-corrected chi connectivity index (χ2v) is 7.56. The molecule has 0 fully saturated rings. The van der Waals surface area contributed by atoms with Gasteiger partial charge in [0.1, 0.15) is 11.5 Å². The first-order valence-electron chi connectivity index (χ1n) is 7.84. The first-order chi connectivity index (χ1) is 12.0. The van der Waals surface area contributed by atoms with Crippen LogP contribution < -0.4 is 19.5 Å². The Morgan fingerprint density at radius 3 is 2.80 bits per heavy atom. The molecule has 0 spiro atoms. The molecule has 2 aliphatic heterocycles. The lowest BCUT2D eigenvalue weighted by molar-refractivity contribution is -0.118. The molecule has 2 aromatic rings. The zero-order valence-electron chi connectivity index (χ0n) is 13.2. The van der Waals surface area contributed by atoms with E-state index in [9.17, 15) is 13.2 Å². The Hall–Kier alpha value is -2.58. The second kappa shape index (κ2) is 6.05. The molecule has 2 aliphatic rings. The molecule has 0 saturated heterocycles. The van der Waals surface area contributed by atoms with Gasteiger partial charge in [-0.2, -0.15) is 0 Å². The summed E-state index contributed by atoms with van der Waals surface area (Å²) in [5.41, 5.74) is 1.17. The molecule has 0 bridgehead atoms. The van der Waals surface area contributed by atoms with Crippen molar-refractivity contribution in [3.05, 3.63) is 48.0 Å². The molecule has 0 aliphatic carbocycles. The number of fused-ring (bicyclic) bond motifs is 2. The molecular formula is C17H16N2O5S. The van der Waals surface area contributed by atoms with Crippen molar-refractivity contribution in [3.8, 4) is 11.5 Å². The number of carbonyl (C=O) groups is 1. The molecule has 0 radical (unpaired) electrons. The maximum absolute atomic E-state index is 12.8. The minimum Gasteiger partial charge on any atom is -0.493 e. The van der Waals surface area contributed by atoms with Gasteiger partial charge in [0, 0.05) is 12.0 Å². The summed E-state index contributed by atoms with van der Waals surface area (Å²) in [6.07, 6.45) is 0.543. The molecule has 4 rings (SSSR count). The molecule has 2 N–H and O–H groups in total. The Balaban J connectivity index is 1.63. The number of nitrogens with one attached hydrogen (secondary N) is 2. The van der Waals surface area contributed by atoms with Crippen molar-refractivity contribution in [2.24, 2.45) is 0 Å². The van der Waals surface area contributed by atoms with Crippen LogP contribution in [0.1, 0.15) is 18.0 Å². The number of hydrogen-bond acceptors (Lipinski definition) is 5. The minimum atomic E-state index is -3.77. The van der Waals surface area contributed by atoms with E-state index in [2.05, 4.69) is 10.0 Å². The quantitative estimate of drug-likeness (QED) is 0.871. The largest absolute Gasteiger partial charge is 0.493 e. The molecule has 0 saturated carbocycles. The molecule has 25 heavy (non-hydrogen) atoms. The van der Waals surface area contributed by atoms with E-state index < -0.39 is 10.0 Å². The third-order valence-corrected chi connectivity index (χ3v) is 5.62. The topological polar surface area (TPSA) is 93.7 Å². The van der Waals surface area contributed by atoms with Crippen molar-refractivity contribution in [3.63, 3.8) is 0 Å². The van der Waals surface area contributed by atoms with E-state index >= 15 is 0 Å². The fourth-order valence-electron chi connectivity index (χ4n) is 2.95. The number of sulfonamides is 1. The van der Waals surface area contributed by atoms with Crippen LogP contribution in [0, 0.1) is 0 Å². The summed E-state index contributed by atoms with van der Waals surface area (Å²) >= 11 is 0. The molecule has 0 unspecified atom stereocenters. The van der Waals surface area contributed by atoms with Crippen molar-refractivity contribution in [1.29, 1.82) is 0 Å². The number of carbonyl (C=O) groups excluding carboxylic acids is 1. The molecule has 8 heteroatoms. The van der Waals surface area contributed by atoms with Crippen LogP contribution in [0.2, 0.25) is 0 Å². The Kier molecular flexibility index (Phi) is 3.85. The van der Waals surface area contributed by atoms with Crippen molar-refractivity contribution >= 4 is 21.6 Å². The van der Waals surface area contributed by atoms with E-state index in [4.69, 9.17) is 9.47 Å². The summed E-state index contributed by atoms with van der Waals surface area (Å²) in [5, 5.41) is 2.62. The number of amides is 1. The van der Waals surface area contributed by atoms with E-state index in [-0.39, 0.29) is 23.5 Å². The lowest BCUT2D eigenvalue weighted by atomic mass is 10.0. The standard InChI is InChI=1S/C17H16N2O5S/c20-17-10-24-16-6-5-11(9-14(16)18-17)25(21,22)19-13-7-8-23-15-4-2-1-3-12(13)15/h1-6,9,13,19H,7-8,10H2,(H,18,20)/t13-/m0/s1. The highest BCUT2D eigenvalue weighted by Crippen LogP contribution is 2.34. The molecule has 1 atom stereocenters. The fourth-order valence-corrected chi connectivity index (χ4v) is 4.22. The third kappa shape index (κ3) is 3.06. The van der Waals surface area contributed by atoms with Crippen LogP contribution in [0.3, 0.4) is 0 Å². The predicted molar refractivity (Wildman–Crippen MR) is 90.2 cm³/mol. The summed E-state index contributed by atoms with van der Waals surface area (Å²) in [7, 11) is -3.77. The van der Waals surface area contributed by atoms with Gasteiger partial charge in [-0.15, -0.1) is 0 Å². The maximum atomic E-state index is 12.8. The Morgan fingerprint density at radius 2 is 1.92 bits per heavy atom. The van der Waals surface area contributed by atoms with Gasteiger partial charge in [-0.05, 0) is 24.3 Å². The average Bonchev–Trinajstić information content (AvgIpc) is 2.61. The molecule has 7 nitrogen and oxygen atoms in total. The number of hydrogen-bond donors (Lipinski definition) is 2. The SMILES string of the molecule is O=C1COc2ccc(S(=O)(=O)N[C@H]3CCOc4ccccc43)cc2N1. The summed E-state index contributed by atoms with van der Waals surface area (Å²) in [6.45, 7) is 0.370. The van der Waals surface area contributed by atoms with Gasteiger partial charge in [-0.3, -0.25) is 4.79 Å². The zero-order valence-corrected chi connectivity index (χ0v) is 14.0. The van der Waals surface area contributed by atoms with Crippen LogP contribution in [0.25, 0.3) is 0 Å². The van der Waals surface area contributed by atoms with Gasteiger partial charge in [-0.25, -0.2) is 13.1 Å². The van der Waals surface area contributed by atoms with Crippen molar-refractivity contribution < 1.29 is 22.7 Å². The van der Waals surface area contributed by atoms with Crippen molar-refractivity contribution in [2.45, 2.75) is 17.4 Å². The van der Waals surface area contributed by atoms with E-state index in [0.29, 0.717) is 30.2 Å². The average molecular weight is 360 g/mol. The molecule has 2 heterocycles. The highest BCUT2D eigenvalue weighted by atomic mass is 32.2. The lowest BCUT2D eigenvalue weighted by Gasteiger charge is -2.26. The Labute approximate surface area is 145 Å². The highest BCUT2D eigenvalue weighted by molar-refractivity contribution is 7.89. The van der Waals surface area contributed by atoms with Crippen LogP contribution in [0.5, 0.6) is 11.5 Å². The fraction of sp³-hybridized carbons (Fsp3) is 0.235. The molecular weight excluding hydrogens is 344 g/mol. The molecule has 1 amide bonds. The molecule has 2 aromatic carbocycles. The van der Waals surface area contributed by atoms with E-state index in [1.807, 2.05) is 24.3 Å².